The quantitative estimate of drug-likeness (QED) is 0.302. The number of rotatable bonds is 10. The average Bonchev–Trinajstić information content (AvgIpc) is 3.57. The number of carbonyl (C=O) groups is 4. The predicted molar refractivity (Wildman–Crippen MR) is 173 cm³/mol. The normalized spacial score (nSPS) is 16.8. The summed E-state index contributed by atoms with van der Waals surface area (Å²) in [4.78, 5) is 53.2. The topological polar surface area (TPSA) is 126 Å². The van der Waals surface area contributed by atoms with Gasteiger partial charge in [0, 0.05) is 24.5 Å². The zero-order valence-electron chi connectivity index (χ0n) is 27.4. The molecule has 2 aromatic rings. The van der Waals surface area contributed by atoms with Crippen LogP contribution in [0.3, 0.4) is 0 Å². The Morgan fingerprint density at radius 3 is 2.13 bits per heavy atom. The zero-order valence-corrected chi connectivity index (χ0v) is 27.4. The fourth-order valence-electron chi connectivity index (χ4n) is 5.89. The largest absolute Gasteiger partial charge is 0.449 e. The van der Waals surface area contributed by atoms with E-state index in [-0.39, 0.29) is 24.3 Å². The van der Waals surface area contributed by atoms with Crippen molar-refractivity contribution in [2.24, 2.45) is 0 Å². The molecule has 244 valence electrons. The highest BCUT2D eigenvalue weighted by Gasteiger charge is 2.38. The number of fused-ring (bicyclic) bond motifs is 3. The molecule has 1 saturated heterocycles. The van der Waals surface area contributed by atoms with Crippen LogP contribution in [0.2, 0.25) is 0 Å². The van der Waals surface area contributed by atoms with Crippen molar-refractivity contribution in [1.29, 1.82) is 0 Å². The van der Waals surface area contributed by atoms with Gasteiger partial charge in [0.2, 0.25) is 11.8 Å². The molecule has 0 radical (unpaired) electrons. The maximum Gasteiger partial charge on any atom is 0.410 e. The molecule has 10 nitrogen and oxygen atoms in total. The molecule has 1 unspecified atom stereocenters. The maximum atomic E-state index is 13.3. The minimum atomic E-state index is -0.785. The molecule has 3 N–H and O–H groups in total. The van der Waals surface area contributed by atoms with Crippen LogP contribution in [0.4, 0.5) is 9.59 Å². The lowest BCUT2D eigenvalue weighted by atomic mass is 9.98. The zero-order chi connectivity index (χ0) is 32.8. The van der Waals surface area contributed by atoms with E-state index in [9.17, 15) is 19.2 Å². The number of hydrogen-bond acceptors (Lipinski definition) is 6. The van der Waals surface area contributed by atoms with Crippen LogP contribution < -0.4 is 16.0 Å². The molecule has 2 aromatic carbocycles. The molecule has 45 heavy (non-hydrogen) atoms. The van der Waals surface area contributed by atoms with Crippen molar-refractivity contribution in [3.8, 4) is 11.1 Å². The van der Waals surface area contributed by atoms with E-state index in [4.69, 9.17) is 9.47 Å². The van der Waals surface area contributed by atoms with Gasteiger partial charge in [-0.3, -0.25) is 14.5 Å². The lowest BCUT2D eigenvalue weighted by Crippen LogP contribution is -2.56. The summed E-state index contributed by atoms with van der Waals surface area (Å²) >= 11 is 0. The Morgan fingerprint density at radius 1 is 0.911 bits per heavy atom. The first kappa shape index (κ1) is 33.8. The Morgan fingerprint density at radius 2 is 1.53 bits per heavy atom. The molecular weight excluding hydrogens is 572 g/mol. The highest BCUT2D eigenvalue weighted by atomic mass is 16.6. The van der Waals surface area contributed by atoms with Gasteiger partial charge in [0.1, 0.15) is 24.3 Å². The van der Waals surface area contributed by atoms with Crippen LogP contribution in [-0.4, -0.2) is 71.8 Å². The SMILES string of the molecule is CC(C)(C)NC(=O)C(CCCCNC(=O)OCC1c2ccccc2-c2ccccc21)NC(=O)[C@@H]1CCCN1C(=O)OC(C)(C)C. The summed E-state index contributed by atoms with van der Waals surface area (Å²) < 4.78 is 11.1. The number of carbonyl (C=O) groups excluding carboxylic acids is 4. The molecule has 1 aliphatic carbocycles. The summed E-state index contributed by atoms with van der Waals surface area (Å²) in [6, 6.07) is 14.9. The van der Waals surface area contributed by atoms with Gasteiger partial charge in [-0.15, -0.1) is 0 Å². The molecule has 0 saturated carbocycles. The van der Waals surface area contributed by atoms with Crippen LogP contribution >= 0.6 is 0 Å². The average molecular weight is 621 g/mol. The number of alkyl carbamates (subject to hydrolysis) is 1. The minimum Gasteiger partial charge on any atom is -0.449 e. The second-order valence-electron chi connectivity index (χ2n) is 13.9. The highest BCUT2D eigenvalue weighted by molar-refractivity contribution is 5.91. The molecular formula is C35H48N4O6. The van der Waals surface area contributed by atoms with Gasteiger partial charge in [0.25, 0.3) is 0 Å². The molecule has 1 fully saturated rings. The molecule has 2 atom stereocenters. The molecule has 1 heterocycles. The van der Waals surface area contributed by atoms with E-state index in [2.05, 4.69) is 40.2 Å². The predicted octanol–water partition coefficient (Wildman–Crippen LogP) is 5.49. The Kier molecular flexibility index (Phi) is 10.8. The van der Waals surface area contributed by atoms with E-state index in [1.807, 2.05) is 45.0 Å². The van der Waals surface area contributed by atoms with Crippen molar-refractivity contribution in [1.82, 2.24) is 20.9 Å². The molecule has 1 aliphatic heterocycles. The molecule has 4 amide bonds. The van der Waals surface area contributed by atoms with Gasteiger partial charge in [-0.2, -0.15) is 0 Å². The van der Waals surface area contributed by atoms with E-state index < -0.39 is 35.4 Å². The molecule has 10 heteroatoms. The third-order valence-electron chi connectivity index (χ3n) is 7.85. The van der Waals surface area contributed by atoms with Crippen molar-refractivity contribution in [3.05, 3.63) is 59.7 Å². The summed E-state index contributed by atoms with van der Waals surface area (Å²) in [6.07, 6.45) is 1.70. The van der Waals surface area contributed by atoms with Crippen LogP contribution in [0.1, 0.15) is 90.7 Å². The maximum absolute atomic E-state index is 13.3. The van der Waals surface area contributed by atoms with Crippen molar-refractivity contribution in [2.75, 3.05) is 19.7 Å². The van der Waals surface area contributed by atoms with Crippen LogP contribution in [-0.2, 0) is 19.1 Å². The second-order valence-corrected chi connectivity index (χ2v) is 13.9. The summed E-state index contributed by atoms with van der Waals surface area (Å²) in [5, 5.41) is 8.64. The number of unbranched alkanes of at least 4 members (excludes halogenated alkanes) is 1. The number of hydrogen-bond donors (Lipinski definition) is 3. The number of likely N-dealkylation sites (tertiary alicyclic amines) is 1. The number of amides is 4. The summed E-state index contributed by atoms with van der Waals surface area (Å²) in [5.41, 5.74) is 3.49. The van der Waals surface area contributed by atoms with Gasteiger partial charge in [0.15, 0.2) is 0 Å². The fourth-order valence-corrected chi connectivity index (χ4v) is 5.89. The third-order valence-corrected chi connectivity index (χ3v) is 7.85. The van der Waals surface area contributed by atoms with Gasteiger partial charge >= 0.3 is 12.2 Å². The number of benzene rings is 2. The van der Waals surface area contributed by atoms with Gasteiger partial charge in [-0.05, 0) is 95.9 Å². The second kappa shape index (κ2) is 14.3. The van der Waals surface area contributed by atoms with E-state index in [1.54, 1.807) is 20.8 Å². The Balaban J connectivity index is 1.26. The van der Waals surface area contributed by atoms with Crippen LogP contribution in [0.25, 0.3) is 11.1 Å². The fraction of sp³-hybridized carbons (Fsp3) is 0.543. The van der Waals surface area contributed by atoms with Gasteiger partial charge in [-0.25, -0.2) is 9.59 Å². The van der Waals surface area contributed by atoms with Crippen LogP contribution in [0.5, 0.6) is 0 Å². The molecule has 4 rings (SSSR count). The summed E-state index contributed by atoms with van der Waals surface area (Å²) in [7, 11) is 0. The Labute approximate surface area is 266 Å². The number of ether oxygens (including phenoxy) is 2. The van der Waals surface area contributed by atoms with E-state index >= 15 is 0 Å². The van der Waals surface area contributed by atoms with Gasteiger partial charge in [-0.1, -0.05) is 48.5 Å². The van der Waals surface area contributed by atoms with Gasteiger partial charge in [0.05, 0.1) is 0 Å². The molecule has 0 bridgehead atoms. The lowest BCUT2D eigenvalue weighted by Gasteiger charge is -2.30. The minimum absolute atomic E-state index is 0.0139. The van der Waals surface area contributed by atoms with Gasteiger partial charge < -0.3 is 25.4 Å². The number of nitrogens with one attached hydrogen (secondary N) is 3. The first-order valence-corrected chi connectivity index (χ1v) is 15.9. The van der Waals surface area contributed by atoms with Crippen molar-refractivity contribution >= 4 is 24.0 Å². The molecule has 2 aliphatic rings. The van der Waals surface area contributed by atoms with E-state index in [0.717, 1.165) is 11.1 Å². The molecule has 0 spiro atoms. The highest BCUT2D eigenvalue weighted by Crippen LogP contribution is 2.44. The Hall–Kier alpha value is -4.08. The Bertz CT molecular complexity index is 1330. The van der Waals surface area contributed by atoms with Crippen molar-refractivity contribution in [2.45, 2.75) is 103 Å². The van der Waals surface area contributed by atoms with Crippen LogP contribution in [0.15, 0.2) is 48.5 Å². The van der Waals surface area contributed by atoms with Crippen molar-refractivity contribution < 1.29 is 28.7 Å². The summed E-state index contributed by atoms with van der Waals surface area (Å²) in [6.45, 7) is 12.0. The van der Waals surface area contributed by atoms with Crippen LogP contribution in [0, 0.1) is 0 Å². The monoisotopic (exact) mass is 620 g/mol. The first-order valence-electron chi connectivity index (χ1n) is 15.9. The van der Waals surface area contributed by atoms with E-state index in [1.165, 1.54) is 16.0 Å². The summed E-state index contributed by atoms with van der Waals surface area (Å²) in [5.74, 6) is -0.675. The lowest BCUT2D eigenvalue weighted by molar-refractivity contribution is -0.132. The standard InChI is InChI=1S/C35H48N4O6/c1-34(2,3)38-30(40)28(37-31(41)29-19-13-21-39(29)33(43)45-35(4,5)6)18-11-12-20-36-32(42)44-22-27-25-16-9-7-14-23(25)24-15-8-10-17-26(24)27/h7-10,14-17,27-29H,11-13,18-22H2,1-6H3,(H,36,42)(H,37,41)(H,38,40)/t28?,29-/m0/s1. The third kappa shape index (κ3) is 9.22. The molecule has 0 aromatic heterocycles. The van der Waals surface area contributed by atoms with E-state index in [0.29, 0.717) is 45.2 Å². The first-order chi connectivity index (χ1) is 21.2. The van der Waals surface area contributed by atoms with Crippen molar-refractivity contribution in [3.63, 3.8) is 0 Å². The smallest absolute Gasteiger partial charge is 0.410 e. The number of nitrogens with zero attached hydrogens (tertiary/aromatic N) is 1.